The first-order valence-electron chi connectivity index (χ1n) is 7.44. The van der Waals surface area contributed by atoms with Crippen LogP contribution in [0.25, 0.3) is 10.8 Å². The summed E-state index contributed by atoms with van der Waals surface area (Å²) < 4.78 is 0. The fraction of sp³-hybridized carbons (Fsp3) is 0.238. The highest BCUT2D eigenvalue weighted by molar-refractivity contribution is 5.85. The van der Waals surface area contributed by atoms with Gasteiger partial charge in [0.2, 0.25) is 0 Å². The Morgan fingerprint density at radius 2 is 1.29 bits per heavy atom. The van der Waals surface area contributed by atoms with Crippen molar-refractivity contribution in [3.63, 3.8) is 0 Å². The van der Waals surface area contributed by atoms with E-state index >= 15 is 0 Å². The molecule has 0 amide bonds. The highest BCUT2D eigenvalue weighted by Gasteiger charge is 1.92. The minimum atomic E-state index is 1.06. The lowest BCUT2D eigenvalue weighted by atomic mass is 10.1. The van der Waals surface area contributed by atoms with Gasteiger partial charge in [-0.05, 0) is 37.1 Å². The topological polar surface area (TPSA) is 0 Å². The molecule has 0 aliphatic carbocycles. The summed E-state index contributed by atoms with van der Waals surface area (Å²) in [4.78, 5) is 0. The predicted octanol–water partition coefficient (Wildman–Crippen LogP) is 6.87. The fourth-order valence-corrected chi connectivity index (χ4v) is 1.67. The molecule has 0 heterocycles. The van der Waals surface area contributed by atoms with Crippen LogP contribution < -0.4 is 0 Å². The van der Waals surface area contributed by atoms with Crippen molar-refractivity contribution in [2.75, 3.05) is 0 Å². The Morgan fingerprint density at radius 3 is 1.76 bits per heavy atom. The highest BCUT2D eigenvalue weighted by Crippen LogP contribution is 2.16. The van der Waals surface area contributed by atoms with E-state index in [4.69, 9.17) is 0 Å². The quantitative estimate of drug-likeness (QED) is 0.526. The zero-order chi connectivity index (χ0) is 16.3. The predicted molar refractivity (Wildman–Crippen MR) is 98.8 cm³/mol. The maximum atomic E-state index is 3.70. The van der Waals surface area contributed by atoms with E-state index < -0.39 is 0 Å². The van der Waals surface area contributed by atoms with E-state index in [0.717, 1.165) is 11.1 Å². The molecule has 0 aliphatic rings. The second-order valence-electron chi connectivity index (χ2n) is 4.82. The second kappa shape index (κ2) is 10.7. The minimum Gasteiger partial charge on any atom is -0.0961 e. The lowest BCUT2D eigenvalue weighted by molar-refractivity contribution is 1.50. The van der Waals surface area contributed by atoms with Crippen molar-refractivity contribution in [1.82, 2.24) is 0 Å². The fourth-order valence-electron chi connectivity index (χ4n) is 1.67. The third-order valence-electron chi connectivity index (χ3n) is 2.66. The van der Waals surface area contributed by atoms with Crippen molar-refractivity contribution < 1.29 is 0 Å². The molecular weight excluding hydrogens is 252 g/mol. The van der Waals surface area contributed by atoms with E-state index in [1.54, 1.807) is 0 Å². The van der Waals surface area contributed by atoms with Gasteiger partial charge in [-0.25, -0.2) is 0 Å². The number of allylic oxidation sites excluding steroid dienone is 4. The Labute approximate surface area is 130 Å². The average molecular weight is 280 g/mol. The van der Waals surface area contributed by atoms with E-state index in [9.17, 15) is 0 Å². The van der Waals surface area contributed by atoms with Gasteiger partial charge in [0.25, 0.3) is 0 Å². The van der Waals surface area contributed by atoms with Crippen LogP contribution in [-0.2, 0) is 0 Å². The molecule has 0 saturated carbocycles. The summed E-state index contributed by atoms with van der Waals surface area (Å²) >= 11 is 0. The van der Waals surface area contributed by atoms with Gasteiger partial charge in [0.1, 0.15) is 0 Å². The van der Waals surface area contributed by atoms with Crippen LogP contribution in [0, 0.1) is 6.92 Å². The number of hydrogen-bond donors (Lipinski definition) is 0. The summed E-state index contributed by atoms with van der Waals surface area (Å²) in [6.07, 6.45) is 3.89. The Morgan fingerprint density at radius 1 is 0.810 bits per heavy atom. The van der Waals surface area contributed by atoms with Crippen LogP contribution >= 0.6 is 0 Å². The maximum absolute atomic E-state index is 3.70. The van der Waals surface area contributed by atoms with Crippen LogP contribution in [0.1, 0.15) is 33.3 Å². The molecule has 112 valence electrons. The molecule has 0 heteroatoms. The number of benzene rings is 2. The van der Waals surface area contributed by atoms with E-state index in [-0.39, 0.29) is 0 Å². The van der Waals surface area contributed by atoms with Gasteiger partial charge in [-0.15, -0.1) is 0 Å². The Bertz CT molecular complexity index is 579. The first kappa shape index (κ1) is 18.9. The Hall–Kier alpha value is -2.08. The number of fused-ring (bicyclic) bond motifs is 1. The smallest absolute Gasteiger partial charge is 0.0155 e. The highest BCUT2D eigenvalue weighted by atomic mass is 14.0. The van der Waals surface area contributed by atoms with Crippen molar-refractivity contribution in [1.29, 1.82) is 0 Å². The molecule has 0 unspecified atom stereocenters. The largest absolute Gasteiger partial charge is 0.0961 e. The van der Waals surface area contributed by atoms with E-state index in [2.05, 4.69) is 62.5 Å². The summed E-state index contributed by atoms with van der Waals surface area (Å²) in [6.45, 7) is 17.5. The van der Waals surface area contributed by atoms with Crippen molar-refractivity contribution >= 4 is 10.8 Å². The summed E-state index contributed by atoms with van der Waals surface area (Å²) in [5.74, 6) is 0. The number of hydrogen-bond acceptors (Lipinski definition) is 0. The minimum absolute atomic E-state index is 1.06. The SMILES string of the molecule is C=C(C)/C=C\C(=C)C.CC.Cc1cccc2ccccc12. The zero-order valence-corrected chi connectivity index (χ0v) is 14.1. The third kappa shape index (κ3) is 7.94. The molecule has 0 aliphatic heterocycles. The molecule has 0 spiro atoms. The first-order chi connectivity index (χ1) is 10.0. The molecule has 0 aromatic heterocycles. The molecular formula is C21H28. The molecule has 2 aromatic rings. The van der Waals surface area contributed by atoms with Crippen LogP contribution in [0.3, 0.4) is 0 Å². The molecule has 0 atom stereocenters. The summed E-state index contributed by atoms with van der Waals surface area (Å²) in [6, 6.07) is 14.8. The standard InChI is InChI=1S/C11H10.C8H12.C2H6/c1-9-5-4-7-10-6-2-3-8-11(9)10;1-7(2)5-6-8(3)4;1-2/h2-8H,1H3;5-6H,1,3H2,2,4H3;1-2H3/b;6-5-;. The van der Waals surface area contributed by atoms with Crippen molar-refractivity contribution in [2.45, 2.75) is 34.6 Å². The number of rotatable bonds is 2. The van der Waals surface area contributed by atoms with Gasteiger partial charge >= 0.3 is 0 Å². The van der Waals surface area contributed by atoms with Gasteiger partial charge in [0, 0.05) is 0 Å². The Balaban J connectivity index is 0.000000358. The van der Waals surface area contributed by atoms with Gasteiger partial charge in [-0.2, -0.15) is 0 Å². The molecule has 0 radical (unpaired) electrons. The van der Waals surface area contributed by atoms with Crippen LogP contribution in [0.15, 0.2) is 78.9 Å². The lowest BCUT2D eigenvalue weighted by Gasteiger charge is -1.98. The summed E-state index contributed by atoms with van der Waals surface area (Å²) in [5.41, 5.74) is 3.48. The van der Waals surface area contributed by atoms with Crippen molar-refractivity contribution in [2.24, 2.45) is 0 Å². The second-order valence-corrected chi connectivity index (χ2v) is 4.82. The van der Waals surface area contributed by atoms with Crippen molar-refractivity contribution in [3.05, 3.63) is 84.5 Å². The molecule has 2 aromatic carbocycles. The molecule has 0 bridgehead atoms. The van der Waals surface area contributed by atoms with Gasteiger partial charge < -0.3 is 0 Å². The lowest BCUT2D eigenvalue weighted by Crippen LogP contribution is -1.75. The maximum Gasteiger partial charge on any atom is -0.0155 e. The van der Waals surface area contributed by atoms with Gasteiger partial charge in [0.15, 0.2) is 0 Å². The normalized spacial score (nSPS) is 9.38. The van der Waals surface area contributed by atoms with E-state index in [1.807, 2.05) is 39.8 Å². The molecule has 0 saturated heterocycles. The van der Waals surface area contributed by atoms with Crippen LogP contribution in [0.2, 0.25) is 0 Å². The summed E-state index contributed by atoms with van der Waals surface area (Å²) in [5, 5.41) is 2.68. The molecule has 0 nitrogen and oxygen atoms in total. The van der Waals surface area contributed by atoms with Crippen LogP contribution in [0.4, 0.5) is 0 Å². The first-order valence-corrected chi connectivity index (χ1v) is 7.44. The monoisotopic (exact) mass is 280 g/mol. The van der Waals surface area contributed by atoms with Crippen molar-refractivity contribution in [3.8, 4) is 0 Å². The van der Waals surface area contributed by atoms with E-state index in [1.165, 1.54) is 16.3 Å². The van der Waals surface area contributed by atoms with Crippen LogP contribution in [0.5, 0.6) is 0 Å². The Kier molecular flexibility index (Phi) is 9.62. The molecule has 0 fully saturated rings. The number of aryl methyl sites for hydroxylation is 1. The zero-order valence-electron chi connectivity index (χ0n) is 14.1. The van der Waals surface area contributed by atoms with Gasteiger partial charge in [-0.1, -0.05) is 92.8 Å². The molecule has 2 rings (SSSR count). The third-order valence-corrected chi connectivity index (χ3v) is 2.66. The van der Waals surface area contributed by atoms with Crippen LogP contribution in [-0.4, -0.2) is 0 Å². The molecule has 21 heavy (non-hydrogen) atoms. The van der Waals surface area contributed by atoms with Gasteiger partial charge in [0.05, 0.1) is 0 Å². The summed E-state index contributed by atoms with van der Waals surface area (Å²) in [7, 11) is 0. The molecule has 0 N–H and O–H groups in total. The van der Waals surface area contributed by atoms with Gasteiger partial charge in [-0.3, -0.25) is 0 Å². The average Bonchev–Trinajstić information content (AvgIpc) is 2.48. The van der Waals surface area contributed by atoms with E-state index in [0.29, 0.717) is 0 Å².